The van der Waals surface area contributed by atoms with Gasteiger partial charge in [0, 0.05) is 13.7 Å². The highest BCUT2D eigenvalue weighted by molar-refractivity contribution is 7.90. The third-order valence-corrected chi connectivity index (χ3v) is 4.06. The lowest BCUT2D eigenvalue weighted by atomic mass is 10.2. The van der Waals surface area contributed by atoms with E-state index in [2.05, 4.69) is 0 Å². The Kier molecular flexibility index (Phi) is 5.68. The molecule has 0 bridgehead atoms. The predicted octanol–water partition coefficient (Wildman–Crippen LogP) is -1.15. The van der Waals surface area contributed by atoms with Crippen molar-refractivity contribution in [3.63, 3.8) is 0 Å². The van der Waals surface area contributed by atoms with Gasteiger partial charge in [-0.15, -0.1) is 0 Å². The fourth-order valence-corrected chi connectivity index (χ4v) is 2.48. The molecule has 0 aliphatic heterocycles. The Morgan fingerprint density at radius 2 is 1.95 bits per heavy atom. The molecule has 8 nitrogen and oxygen atoms in total. The van der Waals surface area contributed by atoms with Gasteiger partial charge in [-0.3, -0.25) is 10.2 Å². The van der Waals surface area contributed by atoms with Crippen molar-refractivity contribution in [2.24, 2.45) is 5.73 Å². The molecule has 0 aromatic heterocycles. The Labute approximate surface area is 123 Å². The van der Waals surface area contributed by atoms with Gasteiger partial charge in [0.05, 0.1) is 4.90 Å². The number of hydrogen-bond donors (Lipinski definition) is 4. The quantitative estimate of drug-likeness (QED) is 0.387. The van der Waals surface area contributed by atoms with Gasteiger partial charge in [0.2, 0.25) is 0 Å². The van der Waals surface area contributed by atoms with Crippen LogP contribution in [0, 0.1) is 5.41 Å². The largest absolute Gasteiger partial charge is 0.396 e. The van der Waals surface area contributed by atoms with Gasteiger partial charge in [-0.25, -0.2) is 13.1 Å². The number of nitrogens with two attached hydrogens (primary N) is 1. The van der Waals surface area contributed by atoms with Gasteiger partial charge in [-0.2, -0.15) is 0 Å². The van der Waals surface area contributed by atoms with Crippen molar-refractivity contribution in [1.29, 1.82) is 5.41 Å². The third kappa shape index (κ3) is 5.04. The summed E-state index contributed by atoms with van der Waals surface area (Å²) >= 11 is 0. The first-order valence-electron chi connectivity index (χ1n) is 6.07. The number of nitrogens with one attached hydrogen (secondary N) is 2. The molecule has 0 spiro atoms. The zero-order chi connectivity index (χ0) is 16.0. The van der Waals surface area contributed by atoms with Gasteiger partial charge < -0.3 is 15.7 Å². The normalized spacial score (nSPS) is 11.0. The molecular weight excluding hydrogens is 296 g/mol. The maximum absolute atomic E-state index is 12.0. The van der Waals surface area contributed by atoms with Crippen molar-refractivity contribution >= 4 is 21.9 Å². The molecule has 0 saturated carbocycles. The predicted molar refractivity (Wildman–Crippen MR) is 77.1 cm³/mol. The van der Waals surface area contributed by atoms with E-state index >= 15 is 0 Å². The van der Waals surface area contributed by atoms with Crippen LogP contribution in [0.3, 0.4) is 0 Å². The van der Waals surface area contributed by atoms with Gasteiger partial charge in [0.25, 0.3) is 15.9 Å². The molecule has 1 rings (SSSR count). The minimum absolute atomic E-state index is 0.0276. The summed E-state index contributed by atoms with van der Waals surface area (Å²) in [4.78, 5) is 12.7. The van der Waals surface area contributed by atoms with Crippen LogP contribution in [0.5, 0.6) is 0 Å². The van der Waals surface area contributed by atoms with Crippen molar-refractivity contribution < 1.29 is 18.3 Å². The van der Waals surface area contributed by atoms with Crippen LogP contribution in [0.1, 0.15) is 5.56 Å². The summed E-state index contributed by atoms with van der Waals surface area (Å²) in [5.41, 5.74) is 5.95. The zero-order valence-electron chi connectivity index (χ0n) is 11.5. The van der Waals surface area contributed by atoms with E-state index in [1.54, 1.807) is 12.1 Å². The maximum atomic E-state index is 12.0. The lowest BCUT2D eigenvalue weighted by molar-refractivity contribution is -0.119. The molecule has 5 N–H and O–H groups in total. The second-order valence-corrected chi connectivity index (χ2v) is 6.07. The van der Waals surface area contributed by atoms with Crippen LogP contribution in [-0.2, 0) is 21.2 Å². The summed E-state index contributed by atoms with van der Waals surface area (Å²) < 4.78 is 25.9. The number of amides is 1. The molecule has 1 aromatic rings. The Hall–Kier alpha value is -2.13. The topological polar surface area (TPSA) is 137 Å². The van der Waals surface area contributed by atoms with E-state index in [1.165, 1.54) is 19.2 Å². The van der Waals surface area contributed by atoms with Crippen LogP contribution >= 0.6 is 0 Å². The third-order valence-electron chi connectivity index (χ3n) is 2.67. The number of sulfonamides is 1. The van der Waals surface area contributed by atoms with Gasteiger partial charge in [0.1, 0.15) is 6.54 Å². The minimum Gasteiger partial charge on any atom is -0.396 e. The van der Waals surface area contributed by atoms with Gasteiger partial charge in [-0.05, 0) is 24.1 Å². The number of guanidine groups is 1. The molecule has 0 saturated heterocycles. The second kappa shape index (κ2) is 7.04. The SMILES string of the molecule is CN(CC(=O)NS(=O)(=O)c1ccc(CCO)cc1)C(=N)N. The standard InChI is InChI=1S/C12H18N4O4S/c1-16(12(13)14)8-11(18)15-21(19,20)10-4-2-9(3-5-10)6-7-17/h2-5,17H,6-8H2,1H3,(H3,13,14)(H,15,18). The van der Waals surface area contributed by atoms with Crippen molar-refractivity contribution in [3.8, 4) is 0 Å². The molecule has 0 heterocycles. The first kappa shape index (κ1) is 16.9. The highest BCUT2D eigenvalue weighted by Crippen LogP contribution is 2.10. The Bertz CT molecular complexity index is 613. The van der Waals surface area contributed by atoms with Crippen molar-refractivity contribution in [2.45, 2.75) is 11.3 Å². The lowest BCUT2D eigenvalue weighted by Gasteiger charge is -2.16. The van der Waals surface area contributed by atoms with Crippen LogP contribution in [0.15, 0.2) is 29.2 Å². The van der Waals surface area contributed by atoms with E-state index in [0.717, 1.165) is 10.5 Å². The zero-order valence-corrected chi connectivity index (χ0v) is 12.4. The van der Waals surface area contributed by atoms with Crippen LogP contribution in [-0.4, -0.2) is 50.5 Å². The average molecular weight is 314 g/mol. The fraction of sp³-hybridized carbons (Fsp3) is 0.333. The number of aliphatic hydroxyl groups excluding tert-OH is 1. The summed E-state index contributed by atoms with van der Waals surface area (Å²) in [7, 11) is -2.56. The Morgan fingerprint density at radius 3 is 2.43 bits per heavy atom. The Balaban J connectivity index is 2.77. The average Bonchev–Trinajstić information content (AvgIpc) is 2.38. The molecular formula is C12H18N4O4S. The maximum Gasteiger partial charge on any atom is 0.264 e. The molecule has 0 atom stereocenters. The van der Waals surface area contributed by atoms with Gasteiger partial charge >= 0.3 is 0 Å². The van der Waals surface area contributed by atoms with Crippen molar-refractivity contribution in [3.05, 3.63) is 29.8 Å². The first-order chi connectivity index (χ1) is 9.76. The highest BCUT2D eigenvalue weighted by Gasteiger charge is 2.18. The van der Waals surface area contributed by atoms with E-state index in [1.807, 2.05) is 4.72 Å². The van der Waals surface area contributed by atoms with Crippen molar-refractivity contribution in [1.82, 2.24) is 9.62 Å². The van der Waals surface area contributed by atoms with Gasteiger partial charge in [0.15, 0.2) is 5.96 Å². The van der Waals surface area contributed by atoms with Crippen molar-refractivity contribution in [2.75, 3.05) is 20.2 Å². The molecule has 1 amide bonds. The number of likely N-dealkylation sites (N-methyl/N-ethyl adjacent to an activating group) is 1. The number of rotatable bonds is 6. The van der Waals surface area contributed by atoms with Gasteiger partial charge in [-0.1, -0.05) is 12.1 Å². The van der Waals surface area contributed by atoms with E-state index in [4.69, 9.17) is 16.2 Å². The molecule has 0 radical (unpaired) electrons. The first-order valence-corrected chi connectivity index (χ1v) is 7.55. The van der Waals surface area contributed by atoms with E-state index in [0.29, 0.717) is 6.42 Å². The molecule has 21 heavy (non-hydrogen) atoms. The van der Waals surface area contributed by atoms with Crippen LogP contribution in [0.2, 0.25) is 0 Å². The molecule has 0 aliphatic carbocycles. The van der Waals surface area contributed by atoms with E-state index in [9.17, 15) is 13.2 Å². The highest BCUT2D eigenvalue weighted by atomic mass is 32.2. The number of aliphatic hydroxyl groups is 1. The fourth-order valence-electron chi connectivity index (χ4n) is 1.51. The minimum atomic E-state index is -3.96. The number of carbonyl (C=O) groups is 1. The van der Waals surface area contributed by atoms with Crippen LogP contribution in [0.4, 0.5) is 0 Å². The molecule has 0 aliphatic rings. The molecule has 9 heteroatoms. The number of benzene rings is 1. The number of nitrogens with zero attached hydrogens (tertiary/aromatic N) is 1. The summed E-state index contributed by atoms with van der Waals surface area (Å²) in [6, 6.07) is 5.85. The van der Waals surface area contributed by atoms with Crippen LogP contribution < -0.4 is 10.5 Å². The smallest absolute Gasteiger partial charge is 0.264 e. The molecule has 1 aromatic carbocycles. The molecule has 116 valence electrons. The summed E-state index contributed by atoms with van der Waals surface area (Å²) in [6.45, 7) is -0.364. The van der Waals surface area contributed by atoms with E-state index < -0.39 is 15.9 Å². The van der Waals surface area contributed by atoms with Crippen LogP contribution in [0.25, 0.3) is 0 Å². The second-order valence-electron chi connectivity index (χ2n) is 4.39. The molecule has 0 fully saturated rings. The summed E-state index contributed by atoms with van der Waals surface area (Å²) in [6.07, 6.45) is 0.427. The van der Waals surface area contributed by atoms with E-state index in [-0.39, 0.29) is 24.0 Å². The Morgan fingerprint density at radius 1 is 1.38 bits per heavy atom. The summed E-state index contributed by atoms with van der Waals surface area (Å²) in [5.74, 6) is -1.12. The number of hydrogen-bond acceptors (Lipinski definition) is 5. The monoisotopic (exact) mass is 314 g/mol. The lowest BCUT2D eigenvalue weighted by Crippen LogP contribution is -2.43. The number of carbonyl (C=O) groups excluding carboxylic acids is 1. The molecule has 0 unspecified atom stereocenters. The summed E-state index contributed by atoms with van der Waals surface area (Å²) in [5, 5.41) is 15.9.